The molecule has 4 nitrogen and oxygen atoms in total. The van der Waals surface area contributed by atoms with Crippen molar-refractivity contribution in [2.45, 2.75) is 6.92 Å². The SMILES string of the molecule is CC(CS(=O)(=O)CF)C(=O)O. The second kappa shape index (κ2) is 3.66. The molecule has 0 saturated carbocycles. The number of carboxylic acids is 1. The van der Waals surface area contributed by atoms with Gasteiger partial charge in [0.15, 0.2) is 15.8 Å². The lowest BCUT2D eigenvalue weighted by Gasteiger charge is -2.03. The summed E-state index contributed by atoms with van der Waals surface area (Å²) in [5.74, 6) is -2.92. The van der Waals surface area contributed by atoms with Gasteiger partial charge in [0.05, 0.1) is 11.7 Å². The number of rotatable bonds is 4. The highest BCUT2D eigenvalue weighted by Crippen LogP contribution is 2.02. The fourth-order valence-corrected chi connectivity index (χ4v) is 1.49. The molecule has 0 heterocycles. The Morgan fingerprint density at radius 3 is 2.36 bits per heavy atom. The van der Waals surface area contributed by atoms with E-state index in [-0.39, 0.29) is 0 Å². The second-order valence-corrected chi connectivity index (χ2v) is 4.30. The van der Waals surface area contributed by atoms with E-state index in [4.69, 9.17) is 5.11 Å². The van der Waals surface area contributed by atoms with Gasteiger partial charge in [0.2, 0.25) is 0 Å². The van der Waals surface area contributed by atoms with Crippen LogP contribution in [0.5, 0.6) is 0 Å². The van der Waals surface area contributed by atoms with Crippen LogP contribution in [0.4, 0.5) is 4.39 Å². The average molecular weight is 184 g/mol. The van der Waals surface area contributed by atoms with Gasteiger partial charge in [0.25, 0.3) is 0 Å². The number of carboxylic acid groups (broad SMARTS) is 1. The molecule has 0 aromatic rings. The predicted octanol–water partition coefficient (Wildman–Crippen LogP) is 0.0489. The second-order valence-electron chi connectivity index (χ2n) is 2.26. The molecule has 0 radical (unpaired) electrons. The molecule has 0 saturated heterocycles. The molecule has 11 heavy (non-hydrogen) atoms. The summed E-state index contributed by atoms with van der Waals surface area (Å²) in [7, 11) is -3.81. The molecule has 0 rings (SSSR count). The van der Waals surface area contributed by atoms with Gasteiger partial charge in [-0.3, -0.25) is 4.79 Å². The Bertz CT molecular complexity index is 233. The molecule has 66 valence electrons. The Balaban J connectivity index is 4.16. The standard InChI is InChI=1S/C5H9FO4S/c1-4(5(7)8)2-11(9,10)3-6/h4H,2-3H2,1H3,(H,7,8). The average Bonchev–Trinajstić information content (AvgIpc) is 1.87. The van der Waals surface area contributed by atoms with Crippen molar-refractivity contribution < 1.29 is 22.7 Å². The van der Waals surface area contributed by atoms with E-state index in [0.29, 0.717) is 0 Å². The van der Waals surface area contributed by atoms with Gasteiger partial charge in [0.1, 0.15) is 0 Å². The van der Waals surface area contributed by atoms with Crippen LogP contribution in [0.2, 0.25) is 0 Å². The van der Waals surface area contributed by atoms with E-state index in [1.165, 1.54) is 6.92 Å². The van der Waals surface area contributed by atoms with Gasteiger partial charge in [-0.05, 0) is 0 Å². The lowest BCUT2D eigenvalue weighted by molar-refractivity contribution is -0.140. The zero-order valence-electron chi connectivity index (χ0n) is 5.95. The number of hydrogen-bond donors (Lipinski definition) is 1. The summed E-state index contributed by atoms with van der Waals surface area (Å²) in [6.07, 6.45) is 0. The van der Waals surface area contributed by atoms with Crippen LogP contribution < -0.4 is 0 Å². The predicted molar refractivity (Wildman–Crippen MR) is 36.6 cm³/mol. The van der Waals surface area contributed by atoms with Gasteiger partial charge in [-0.25, -0.2) is 12.8 Å². The van der Waals surface area contributed by atoms with Crippen molar-refractivity contribution in [2.24, 2.45) is 5.92 Å². The van der Waals surface area contributed by atoms with Gasteiger partial charge in [-0.15, -0.1) is 0 Å². The summed E-state index contributed by atoms with van der Waals surface area (Å²) in [6, 6.07) is -1.50. The lowest BCUT2D eigenvalue weighted by atomic mass is 10.2. The highest BCUT2D eigenvalue weighted by molar-refractivity contribution is 7.91. The third-order valence-corrected chi connectivity index (χ3v) is 2.43. The molecule has 0 fully saturated rings. The Morgan fingerprint density at radius 1 is 1.64 bits per heavy atom. The zero-order valence-corrected chi connectivity index (χ0v) is 6.77. The van der Waals surface area contributed by atoms with Crippen LogP contribution in [0.25, 0.3) is 0 Å². The highest BCUT2D eigenvalue weighted by atomic mass is 32.2. The van der Waals surface area contributed by atoms with Crippen molar-refractivity contribution in [1.82, 2.24) is 0 Å². The summed E-state index contributed by atoms with van der Waals surface area (Å²) >= 11 is 0. The number of carbonyl (C=O) groups is 1. The van der Waals surface area contributed by atoms with Crippen molar-refractivity contribution >= 4 is 15.8 Å². The molecule has 1 atom stereocenters. The van der Waals surface area contributed by atoms with E-state index in [0.717, 1.165) is 0 Å². The molecular formula is C5H9FO4S. The Labute approximate surface area is 63.9 Å². The molecule has 6 heteroatoms. The summed E-state index contributed by atoms with van der Waals surface area (Å²) in [4.78, 5) is 10.1. The van der Waals surface area contributed by atoms with E-state index in [1.807, 2.05) is 0 Å². The Hall–Kier alpha value is -0.650. The number of aliphatic carboxylic acids is 1. The highest BCUT2D eigenvalue weighted by Gasteiger charge is 2.20. The molecule has 0 aromatic heterocycles. The molecule has 0 aliphatic rings. The quantitative estimate of drug-likeness (QED) is 0.670. The maximum atomic E-state index is 11.6. The fourth-order valence-electron chi connectivity index (χ4n) is 0.497. The van der Waals surface area contributed by atoms with Gasteiger partial charge in [-0.2, -0.15) is 0 Å². The monoisotopic (exact) mass is 184 g/mol. The van der Waals surface area contributed by atoms with Crippen molar-refractivity contribution in [3.63, 3.8) is 0 Å². The van der Waals surface area contributed by atoms with E-state index in [9.17, 15) is 17.6 Å². The van der Waals surface area contributed by atoms with Crippen LogP contribution in [0.1, 0.15) is 6.92 Å². The Morgan fingerprint density at radius 2 is 2.09 bits per heavy atom. The van der Waals surface area contributed by atoms with E-state index in [1.54, 1.807) is 0 Å². The van der Waals surface area contributed by atoms with Crippen molar-refractivity contribution in [2.75, 3.05) is 11.8 Å². The van der Waals surface area contributed by atoms with E-state index < -0.39 is 33.5 Å². The molecule has 1 N–H and O–H groups in total. The number of halogens is 1. The molecule has 0 bridgehead atoms. The number of alkyl halides is 1. The molecule has 0 amide bonds. The van der Waals surface area contributed by atoms with Crippen molar-refractivity contribution in [3.05, 3.63) is 0 Å². The van der Waals surface area contributed by atoms with Crippen molar-refractivity contribution in [1.29, 1.82) is 0 Å². The minimum absolute atomic E-state index is 0.640. The van der Waals surface area contributed by atoms with Crippen molar-refractivity contribution in [3.8, 4) is 0 Å². The smallest absolute Gasteiger partial charge is 0.307 e. The maximum Gasteiger partial charge on any atom is 0.307 e. The number of hydrogen-bond acceptors (Lipinski definition) is 3. The van der Waals surface area contributed by atoms with Gasteiger partial charge in [0, 0.05) is 0 Å². The van der Waals surface area contributed by atoms with Crippen LogP contribution in [-0.2, 0) is 14.6 Å². The zero-order chi connectivity index (χ0) is 9.07. The lowest BCUT2D eigenvalue weighted by Crippen LogP contribution is -2.21. The minimum Gasteiger partial charge on any atom is -0.481 e. The molecule has 0 spiro atoms. The largest absolute Gasteiger partial charge is 0.481 e. The summed E-state index contributed by atoms with van der Waals surface area (Å²) < 4.78 is 32.6. The summed E-state index contributed by atoms with van der Waals surface area (Å²) in [5, 5.41) is 8.25. The van der Waals surface area contributed by atoms with E-state index in [2.05, 4.69) is 0 Å². The first kappa shape index (κ1) is 10.3. The van der Waals surface area contributed by atoms with Crippen LogP contribution >= 0.6 is 0 Å². The topological polar surface area (TPSA) is 71.4 Å². The minimum atomic E-state index is -3.81. The summed E-state index contributed by atoms with van der Waals surface area (Å²) in [6.45, 7) is 1.22. The molecule has 0 aliphatic carbocycles. The third kappa shape index (κ3) is 3.92. The summed E-state index contributed by atoms with van der Waals surface area (Å²) in [5.41, 5.74) is 0. The van der Waals surface area contributed by atoms with Crippen LogP contribution in [0.15, 0.2) is 0 Å². The van der Waals surface area contributed by atoms with Gasteiger partial charge < -0.3 is 5.11 Å². The van der Waals surface area contributed by atoms with Gasteiger partial charge in [-0.1, -0.05) is 6.92 Å². The molecule has 0 aliphatic heterocycles. The first-order valence-corrected chi connectivity index (χ1v) is 4.70. The van der Waals surface area contributed by atoms with E-state index >= 15 is 0 Å². The normalized spacial score (nSPS) is 14.4. The maximum absolute atomic E-state index is 11.6. The van der Waals surface area contributed by atoms with Crippen LogP contribution in [0, 0.1) is 5.92 Å². The fraction of sp³-hybridized carbons (Fsp3) is 0.800. The molecule has 1 unspecified atom stereocenters. The molecule has 0 aromatic carbocycles. The number of sulfone groups is 1. The van der Waals surface area contributed by atoms with Crippen LogP contribution in [0.3, 0.4) is 0 Å². The first-order chi connectivity index (χ1) is 4.89. The third-order valence-electron chi connectivity index (χ3n) is 1.09. The van der Waals surface area contributed by atoms with Gasteiger partial charge >= 0.3 is 5.97 Å². The first-order valence-electron chi connectivity index (χ1n) is 2.88. The van der Waals surface area contributed by atoms with Crippen LogP contribution in [-0.4, -0.2) is 31.3 Å². The Kier molecular flexibility index (Phi) is 3.44. The molecular weight excluding hydrogens is 175 g/mol.